The predicted molar refractivity (Wildman–Crippen MR) is 150 cm³/mol. The lowest BCUT2D eigenvalue weighted by Gasteiger charge is -2.28. The fourth-order valence-corrected chi connectivity index (χ4v) is 6.86. The van der Waals surface area contributed by atoms with Gasteiger partial charge in [-0.15, -0.1) is 0 Å². The molecule has 1 heterocycles. The Balaban J connectivity index is 1.22. The van der Waals surface area contributed by atoms with Crippen molar-refractivity contribution in [2.24, 2.45) is 0 Å². The van der Waals surface area contributed by atoms with Crippen molar-refractivity contribution in [1.29, 1.82) is 0 Å². The molecule has 0 aliphatic carbocycles. The molecule has 1 N–H and O–H groups in total. The van der Waals surface area contributed by atoms with Gasteiger partial charge in [-0.25, -0.2) is 8.42 Å². The highest BCUT2D eigenvalue weighted by Crippen LogP contribution is 2.34. The molecule has 1 aliphatic rings. The van der Waals surface area contributed by atoms with Crippen molar-refractivity contribution in [2.45, 2.75) is 27.7 Å². The summed E-state index contributed by atoms with van der Waals surface area (Å²) in [5.41, 5.74) is 2.84. The number of ether oxygens (including phenoxy) is 1. The number of carbonyl (C=O) groups is 1. The topological polar surface area (TPSA) is 75.7 Å². The molecule has 0 fully saturated rings. The van der Waals surface area contributed by atoms with Crippen LogP contribution in [-0.2, 0) is 27.8 Å². The molecule has 0 saturated carbocycles. The first-order chi connectivity index (χ1) is 18.4. The first-order valence-electron chi connectivity index (χ1n) is 12.0. The number of benzene rings is 4. The van der Waals surface area contributed by atoms with Crippen LogP contribution < -0.4 is 10.1 Å². The van der Waals surface area contributed by atoms with Gasteiger partial charge in [0.25, 0.3) is 5.91 Å². The zero-order valence-corrected chi connectivity index (χ0v) is 22.7. The Morgan fingerprint density at radius 3 is 2.42 bits per heavy atom. The molecule has 0 saturated heterocycles. The Kier molecular flexibility index (Phi) is 8.04. The third-order valence-corrected chi connectivity index (χ3v) is 9.35. The molecule has 9 heteroatoms. The maximum atomic E-state index is 13.3. The Hall–Kier alpha value is -3.30. The molecule has 0 unspecified atom stereocenters. The third kappa shape index (κ3) is 6.05. The highest BCUT2D eigenvalue weighted by Gasteiger charge is 2.28. The minimum atomic E-state index is -3.73. The molecule has 5 rings (SSSR count). The van der Waals surface area contributed by atoms with E-state index in [1.54, 1.807) is 11.8 Å². The average Bonchev–Trinajstić information content (AvgIpc) is 2.93. The van der Waals surface area contributed by atoms with E-state index < -0.39 is 10.0 Å². The zero-order chi connectivity index (χ0) is 26.5. The summed E-state index contributed by atoms with van der Waals surface area (Å²) in [6.45, 7) is 0.442. The molecule has 0 atom stereocenters. The normalized spacial score (nSPS) is 13.5. The lowest BCUT2D eigenvalue weighted by Crippen LogP contribution is -2.35. The summed E-state index contributed by atoms with van der Waals surface area (Å²) in [5, 5.41) is 3.00. The number of fused-ring (bicyclic) bond motifs is 1. The second-order valence-corrected chi connectivity index (χ2v) is 12.2. The van der Waals surface area contributed by atoms with Crippen LogP contribution in [0.4, 0.5) is 5.69 Å². The quantitative estimate of drug-likeness (QED) is 0.273. The number of para-hydroxylation sites is 1. The number of rotatable bonds is 8. The Bertz CT molecular complexity index is 1560. The van der Waals surface area contributed by atoms with Crippen LogP contribution in [0.25, 0.3) is 0 Å². The Labute approximate surface area is 231 Å². The first-order valence-corrected chi connectivity index (χ1v) is 14.6. The van der Waals surface area contributed by atoms with Crippen LogP contribution >= 0.6 is 23.4 Å². The van der Waals surface area contributed by atoms with Gasteiger partial charge < -0.3 is 10.1 Å². The molecule has 0 aromatic heterocycles. The van der Waals surface area contributed by atoms with Crippen molar-refractivity contribution >= 4 is 45.0 Å². The van der Waals surface area contributed by atoms with E-state index in [0.717, 1.165) is 15.4 Å². The highest BCUT2D eigenvalue weighted by molar-refractivity contribution is 7.99. The fourth-order valence-electron chi connectivity index (χ4n) is 4.19. The molecule has 0 spiro atoms. The molecular weight excluding hydrogens is 540 g/mol. The summed E-state index contributed by atoms with van der Waals surface area (Å²) in [5.74, 6) is -0.123. The van der Waals surface area contributed by atoms with Crippen LogP contribution in [0.3, 0.4) is 0 Å². The standard InChI is InChI=1S/C29H25ClN2O4S2/c30-25-18-24(38(34,35)32-17-16-21-8-4-5-9-22(21)19-32)14-15-27(25)36-20-29(33)31-26-12-6-7-13-28(26)37-23-10-2-1-3-11-23/h1-15,18H,16-17,19-20H2,(H,31,33). The van der Waals surface area contributed by atoms with Gasteiger partial charge >= 0.3 is 0 Å². The van der Waals surface area contributed by atoms with Crippen LogP contribution in [0.2, 0.25) is 5.02 Å². The Morgan fingerprint density at radius 1 is 0.921 bits per heavy atom. The van der Waals surface area contributed by atoms with Crippen molar-refractivity contribution < 1.29 is 17.9 Å². The summed E-state index contributed by atoms with van der Waals surface area (Å²) < 4.78 is 33.6. The van der Waals surface area contributed by atoms with Gasteiger partial charge in [-0.1, -0.05) is 78.0 Å². The van der Waals surface area contributed by atoms with Gasteiger partial charge in [0.1, 0.15) is 5.75 Å². The van der Waals surface area contributed by atoms with E-state index in [1.165, 1.54) is 28.1 Å². The summed E-state index contributed by atoms with van der Waals surface area (Å²) >= 11 is 7.92. The molecule has 38 heavy (non-hydrogen) atoms. The minimum Gasteiger partial charge on any atom is -0.482 e. The van der Waals surface area contributed by atoms with Crippen molar-refractivity contribution in [3.63, 3.8) is 0 Å². The molecule has 1 aliphatic heterocycles. The maximum absolute atomic E-state index is 13.3. The number of nitrogens with one attached hydrogen (secondary N) is 1. The number of amides is 1. The lowest BCUT2D eigenvalue weighted by atomic mass is 10.0. The van der Waals surface area contributed by atoms with Crippen LogP contribution in [0.15, 0.2) is 112 Å². The van der Waals surface area contributed by atoms with Gasteiger partial charge in [-0.3, -0.25) is 4.79 Å². The van der Waals surface area contributed by atoms with E-state index in [1.807, 2.05) is 78.9 Å². The summed E-state index contributed by atoms with van der Waals surface area (Å²) in [4.78, 5) is 14.7. The number of anilines is 1. The van der Waals surface area contributed by atoms with Gasteiger partial charge in [-0.05, 0) is 60.0 Å². The average molecular weight is 565 g/mol. The summed E-state index contributed by atoms with van der Waals surface area (Å²) in [6.07, 6.45) is 0.659. The number of hydrogen-bond acceptors (Lipinski definition) is 5. The van der Waals surface area contributed by atoms with E-state index in [9.17, 15) is 13.2 Å². The maximum Gasteiger partial charge on any atom is 0.262 e. The highest BCUT2D eigenvalue weighted by atomic mass is 35.5. The SMILES string of the molecule is O=C(COc1ccc(S(=O)(=O)N2CCc3ccccc3C2)cc1Cl)Nc1ccccc1Sc1ccccc1. The number of carbonyl (C=O) groups excluding carboxylic acids is 1. The van der Waals surface area contributed by atoms with E-state index in [0.29, 0.717) is 25.2 Å². The van der Waals surface area contributed by atoms with E-state index in [-0.39, 0.29) is 28.2 Å². The van der Waals surface area contributed by atoms with Gasteiger partial charge in [0.05, 0.1) is 15.6 Å². The van der Waals surface area contributed by atoms with Gasteiger partial charge in [-0.2, -0.15) is 4.31 Å². The number of sulfonamides is 1. The largest absolute Gasteiger partial charge is 0.482 e. The predicted octanol–water partition coefficient (Wildman–Crippen LogP) is 6.26. The van der Waals surface area contributed by atoms with E-state index in [4.69, 9.17) is 16.3 Å². The fraction of sp³-hybridized carbons (Fsp3) is 0.138. The van der Waals surface area contributed by atoms with Crippen LogP contribution in [0, 0.1) is 0 Å². The van der Waals surface area contributed by atoms with Crippen molar-refractivity contribution in [3.8, 4) is 5.75 Å². The van der Waals surface area contributed by atoms with Crippen LogP contribution in [0.5, 0.6) is 5.75 Å². The molecule has 1 amide bonds. The minimum absolute atomic E-state index is 0.0885. The molecule has 0 bridgehead atoms. The van der Waals surface area contributed by atoms with Crippen molar-refractivity contribution in [3.05, 3.63) is 113 Å². The number of nitrogens with zero attached hydrogens (tertiary/aromatic N) is 1. The summed E-state index contributed by atoms with van der Waals surface area (Å²) in [7, 11) is -3.73. The van der Waals surface area contributed by atoms with Crippen LogP contribution in [-0.4, -0.2) is 31.8 Å². The number of halogens is 1. The molecular formula is C29H25ClN2O4S2. The van der Waals surface area contributed by atoms with Gasteiger partial charge in [0.15, 0.2) is 6.61 Å². The van der Waals surface area contributed by atoms with Gasteiger partial charge in [0.2, 0.25) is 10.0 Å². The summed E-state index contributed by atoms with van der Waals surface area (Å²) in [6, 6.07) is 29.6. The molecule has 0 radical (unpaired) electrons. The van der Waals surface area contributed by atoms with Crippen molar-refractivity contribution in [1.82, 2.24) is 4.31 Å². The lowest BCUT2D eigenvalue weighted by molar-refractivity contribution is -0.118. The molecule has 6 nitrogen and oxygen atoms in total. The van der Waals surface area contributed by atoms with E-state index in [2.05, 4.69) is 5.32 Å². The molecule has 194 valence electrons. The van der Waals surface area contributed by atoms with Gasteiger partial charge in [0, 0.05) is 22.9 Å². The van der Waals surface area contributed by atoms with Crippen LogP contribution in [0.1, 0.15) is 11.1 Å². The monoisotopic (exact) mass is 564 g/mol. The van der Waals surface area contributed by atoms with Crippen molar-refractivity contribution in [2.75, 3.05) is 18.5 Å². The number of hydrogen-bond donors (Lipinski definition) is 1. The first kappa shape index (κ1) is 26.3. The zero-order valence-electron chi connectivity index (χ0n) is 20.3. The second-order valence-electron chi connectivity index (χ2n) is 8.70. The molecule has 4 aromatic rings. The Morgan fingerprint density at radius 2 is 1.63 bits per heavy atom. The second kappa shape index (κ2) is 11.6. The third-order valence-electron chi connectivity index (χ3n) is 6.13. The smallest absolute Gasteiger partial charge is 0.262 e. The van der Waals surface area contributed by atoms with E-state index >= 15 is 0 Å². The molecule has 4 aromatic carbocycles.